The van der Waals surface area contributed by atoms with E-state index in [9.17, 15) is 0 Å². The van der Waals surface area contributed by atoms with E-state index in [0.717, 1.165) is 18.7 Å². The first-order valence-corrected chi connectivity index (χ1v) is 5.35. The minimum Gasteiger partial charge on any atom is -0.309 e. The number of aryl methyl sites for hydroxylation is 1. The Morgan fingerprint density at radius 2 is 2.20 bits per heavy atom. The third-order valence-corrected chi connectivity index (χ3v) is 2.88. The van der Waals surface area contributed by atoms with Crippen LogP contribution in [0.4, 0.5) is 0 Å². The second-order valence-electron chi connectivity index (χ2n) is 4.17. The lowest BCUT2D eigenvalue weighted by atomic mass is 9.97. The van der Waals surface area contributed by atoms with Gasteiger partial charge in [-0.05, 0) is 42.2 Å². The second kappa shape index (κ2) is 4.03. The SMILES string of the molecule is C=C(C)c1cc(C2=CCNC2)ccc1C. The van der Waals surface area contributed by atoms with Gasteiger partial charge in [-0.1, -0.05) is 30.4 Å². The topological polar surface area (TPSA) is 12.0 Å². The van der Waals surface area contributed by atoms with Crippen LogP contribution in [0, 0.1) is 6.92 Å². The fourth-order valence-corrected chi connectivity index (χ4v) is 1.98. The van der Waals surface area contributed by atoms with Crippen molar-refractivity contribution in [1.82, 2.24) is 5.32 Å². The van der Waals surface area contributed by atoms with E-state index in [1.165, 1.54) is 22.3 Å². The van der Waals surface area contributed by atoms with Crippen molar-refractivity contribution in [3.05, 3.63) is 47.5 Å². The summed E-state index contributed by atoms with van der Waals surface area (Å²) in [7, 11) is 0. The lowest BCUT2D eigenvalue weighted by Crippen LogP contribution is -2.07. The summed E-state index contributed by atoms with van der Waals surface area (Å²) in [4.78, 5) is 0. The Morgan fingerprint density at radius 1 is 1.40 bits per heavy atom. The van der Waals surface area contributed by atoms with Gasteiger partial charge < -0.3 is 5.32 Å². The number of hydrogen-bond acceptors (Lipinski definition) is 1. The van der Waals surface area contributed by atoms with Crippen molar-refractivity contribution in [3.8, 4) is 0 Å². The van der Waals surface area contributed by atoms with Gasteiger partial charge in [-0.3, -0.25) is 0 Å². The Labute approximate surface area is 91.5 Å². The second-order valence-corrected chi connectivity index (χ2v) is 4.17. The molecule has 0 bridgehead atoms. The molecule has 78 valence electrons. The van der Waals surface area contributed by atoms with Crippen molar-refractivity contribution >= 4 is 11.1 Å². The van der Waals surface area contributed by atoms with Gasteiger partial charge in [0.15, 0.2) is 0 Å². The molecule has 1 N–H and O–H groups in total. The van der Waals surface area contributed by atoms with Crippen molar-refractivity contribution < 1.29 is 0 Å². The molecule has 0 saturated carbocycles. The van der Waals surface area contributed by atoms with Crippen molar-refractivity contribution in [2.24, 2.45) is 0 Å². The van der Waals surface area contributed by atoms with E-state index in [2.05, 4.69) is 50.0 Å². The molecular formula is C14H17N. The molecule has 0 fully saturated rings. The summed E-state index contributed by atoms with van der Waals surface area (Å²) in [5.41, 5.74) is 6.44. The fourth-order valence-electron chi connectivity index (χ4n) is 1.98. The highest BCUT2D eigenvalue weighted by Gasteiger charge is 2.08. The zero-order chi connectivity index (χ0) is 10.8. The predicted molar refractivity (Wildman–Crippen MR) is 66.7 cm³/mol. The molecule has 1 aromatic rings. The van der Waals surface area contributed by atoms with Crippen molar-refractivity contribution in [2.75, 3.05) is 13.1 Å². The van der Waals surface area contributed by atoms with Crippen LogP contribution in [0.2, 0.25) is 0 Å². The molecule has 1 heterocycles. The van der Waals surface area contributed by atoms with Crippen LogP contribution in [0.3, 0.4) is 0 Å². The first kappa shape index (κ1) is 10.2. The van der Waals surface area contributed by atoms with Gasteiger partial charge in [-0.25, -0.2) is 0 Å². The summed E-state index contributed by atoms with van der Waals surface area (Å²) < 4.78 is 0. The van der Waals surface area contributed by atoms with E-state index in [1.807, 2.05) is 0 Å². The largest absolute Gasteiger partial charge is 0.309 e. The molecule has 0 amide bonds. The molecule has 1 aliphatic rings. The van der Waals surface area contributed by atoms with Crippen LogP contribution in [0.15, 0.2) is 30.9 Å². The Morgan fingerprint density at radius 3 is 2.80 bits per heavy atom. The first-order chi connectivity index (χ1) is 7.18. The van der Waals surface area contributed by atoms with Crippen LogP contribution in [0.5, 0.6) is 0 Å². The lowest BCUT2D eigenvalue weighted by Gasteiger charge is -2.09. The van der Waals surface area contributed by atoms with Gasteiger partial charge in [0.05, 0.1) is 0 Å². The number of nitrogens with one attached hydrogen (secondary N) is 1. The van der Waals surface area contributed by atoms with Gasteiger partial charge in [0, 0.05) is 13.1 Å². The maximum atomic E-state index is 4.02. The smallest absolute Gasteiger partial charge is 0.0211 e. The third-order valence-electron chi connectivity index (χ3n) is 2.88. The molecule has 0 saturated heterocycles. The van der Waals surface area contributed by atoms with E-state index in [4.69, 9.17) is 0 Å². The molecule has 0 aliphatic carbocycles. The van der Waals surface area contributed by atoms with Crippen LogP contribution in [0.25, 0.3) is 11.1 Å². The van der Waals surface area contributed by atoms with Gasteiger partial charge in [-0.15, -0.1) is 0 Å². The molecule has 0 atom stereocenters. The molecule has 0 spiro atoms. The lowest BCUT2D eigenvalue weighted by molar-refractivity contribution is 0.897. The standard InChI is InChI=1S/C14H17N/c1-10(2)14-8-12(5-4-11(14)3)13-6-7-15-9-13/h4-6,8,15H,1,7,9H2,2-3H3. The van der Waals surface area contributed by atoms with E-state index < -0.39 is 0 Å². The van der Waals surface area contributed by atoms with Gasteiger partial charge in [0.2, 0.25) is 0 Å². The van der Waals surface area contributed by atoms with Crippen LogP contribution >= 0.6 is 0 Å². The summed E-state index contributed by atoms with van der Waals surface area (Å²) >= 11 is 0. The normalized spacial score (nSPS) is 15.2. The number of allylic oxidation sites excluding steroid dienone is 1. The maximum absolute atomic E-state index is 4.02. The Bertz CT molecular complexity index is 427. The van der Waals surface area contributed by atoms with E-state index >= 15 is 0 Å². The van der Waals surface area contributed by atoms with Crippen LogP contribution < -0.4 is 5.32 Å². The van der Waals surface area contributed by atoms with Crippen molar-refractivity contribution in [1.29, 1.82) is 0 Å². The van der Waals surface area contributed by atoms with Crippen LogP contribution in [-0.4, -0.2) is 13.1 Å². The monoisotopic (exact) mass is 199 g/mol. The van der Waals surface area contributed by atoms with Gasteiger partial charge in [0.1, 0.15) is 0 Å². The molecule has 0 aromatic heterocycles. The van der Waals surface area contributed by atoms with Crippen LogP contribution in [0.1, 0.15) is 23.6 Å². The summed E-state index contributed by atoms with van der Waals surface area (Å²) in [5.74, 6) is 0. The predicted octanol–water partition coefficient (Wildman–Crippen LogP) is 3.01. The highest BCUT2D eigenvalue weighted by molar-refractivity contribution is 5.74. The third kappa shape index (κ3) is 2.02. The molecule has 1 aromatic carbocycles. The zero-order valence-electron chi connectivity index (χ0n) is 9.43. The summed E-state index contributed by atoms with van der Waals surface area (Å²) in [6, 6.07) is 6.62. The quantitative estimate of drug-likeness (QED) is 0.772. The average Bonchev–Trinajstić information content (AvgIpc) is 2.71. The van der Waals surface area contributed by atoms with Gasteiger partial charge >= 0.3 is 0 Å². The summed E-state index contributed by atoms with van der Waals surface area (Å²) in [6.45, 7) is 10.2. The molecule has 0 unspecified atom stereocenters. The number of hydrogen-bond donors (Lipinski definition) is 1. The molecule has 1 nitrogen and oxygen atoms in total. The Hall–Kier alpha value is -1.34. The molecule has 15 heavy (non-hydrogen) atoms. The average molecular weight is 199 g/mol. The summed E-state index contributed by atoms with van der Waals surface area (Å²) in [5, 5.41) is 3.32. The van der Waals surface area contributed by atoms with E-state index in [-0.39, 0.29) is 0 Å². The minimum absolute atomic E-state index is 0.985. The molecule has 0 radical (unpaired) electrons. The Balaban J connectivity index is 2.42. The molecular weight excluding hydrogens is 182 g/mol. The maximum Gasteiger partial charge on any atom is 0.0211 e. The van der Waals surface area contributed by atoms with Gasteiger partial charge in [-0.2, -0.15) is 0 Å². The molecule has 1 aliphatic heterocycles. The minimum atomic E-state index is 0.985. The number of rotatable bonds is 2. The highest BCUT2D eigenvalue weighted by atomic mass is 14.9. The Kier molecular flexibility index (Phi) is 2.74. The summed E-state index contributed by atoms with van der Waals surface area (Å²) in [6.07, 6.45) is 2.26. The molecule has 1 heteroatoms. The number of benzene rings is 1. The zero-order valence-corrected chi connectivity index (χ0v) is 9.43. The first-order valence-electron chi connectivity index (χ1n) is 5.35. The van der Waals surface area contributed by atoms with Crippen molar-refractivity contribution in [2.45, 2.75) is 13.8 Å². The van der Waals surface area contributed by atoms with E-state index in [1.54, 1.807) is 0 Å². The van der Waals surface area contributed by atoms with E-state index in [0.29, 0.717) is 0 Å². The highest BCUT2D eigenvalue weighted by Crippen LogP contribution is 2.23. The van der Waals surface area contributed by atoms with Crippen molar-refractivity contribution in [3.63, 3.8) is 0 Å². The van der Waals surface area contributed by atoms with Crippen LogP contribution in [-0.2, 0) is 0 Å². The van der Waals surface area contributed by atoms with Gasteiger partial charge in [0.25, 0.3) is 0 Å². The molecule has 2 rings (SSSR count). The fraction of sp³-hybridized carbons (Fsp3) is 0.286.